The lowest BCUT2D eigenvalue weighted by atomic mass is 9.71. The van der Waals surface area contributed by atoms with E-state index in [0.717, 1.165) is 18.7 Å². The summed E-state index contributed by atoms with van der Waals surface area (Å²) in [4.78, 5) is 0. The fraction of sp³-hybridized carbons (Fsp3) is 1.00. The van der Waals surface area contributed by atoms with E-state index in [1.807, 2.05) is 0 Å². The summed E-state index contributed by atoms with van der Waals surface area (Å²) in [5, 5.41) is 3.92. The molecule has 3 heteroatoms. The first-order valence-electron chi connectivity index (χ1n) is 7.86. The first-order chi connectivity index (χ1) is 8.75. The molecule has 0 saturated heterocycles. The Labute approximate surface area is 122 Å². The van der Waals surface area contributed by atoms with E-state index < -0.39 is 10.8 Å². The summed E-state index contributed by atoms with van der Waals surface area (Å²) in [6.45, 7) is 14.5. The Hall–Kier alpha value is 0.110. The Kier molecular flexibility index (Phi) is 6.52. The van der Waals surface area contributed by atoms with Crippen LogP contribution in [0.15, 0.2) is 0 Å². The van der Waals surface area contributed by atoms with Crippen molar-refractivity contribution in [1.29, 1.82) is 0 Å². The van der Waals surface area contributed by atoms with E-state index in [-0.39, 0.29) is 0 Å². The Morgan fingerprint density at radius 3 is 2.37 bits per heavy atom. The van der Waals surface area contributed by atoms with E-state index in [0.29, 0.717) is 28.5 Å². The van der Waals surface area contributed by atoms with Crippen LogP contribution in [0, 0.1) is 17.3 Å². The third-order valence-corrected chi connectivity index (χ3v) is 6.51. The quantitative estimate of drug-likeness (QED) is 0.837. The van der Waals surface area contributed by atoms with Gasteiger partial charge in [0.05, 0.1) is 5.25 Å². The van der Waals surface area contributed by atoms with Crippen LogP contribution in [0.25, 0.3) is 0 Å². The second-order valence-electron chi connectivity index (χ2n) is 7.52. The van der Waals surface area contributed by atoms with E-state index in [2.05, 4.69) is 46.9 Å². The zero-order chi connectivity index (χ0) is 14.6. The van der Waals surface area contributed by atoms with Crippen molar-refractivity contribution in [2.24, 2.45) is 17.3 Å². The maximum absolute atomic E-state index is 12.6. The molecule has 1 saturated carbocycles. The smallest absolute Gasteiger partial charge is 0.0504 e. The fourth-order valence-electron chi connectivity index (χ4n) is 3.15. The molecule has 0 aromatic heterocycles. The lowest BCUT2D eigenvalue weighted by Crippen LogP contribution is -2.48. The van der Waals surface area contributed by atoms with Crippen molar-refractivity contribution in [2.75, 3.05) is 12.3 Å². The molecule has 0 radical (unpaired) electrons. The molecular formula is C16H33NOS. The molecule has 2 nitrogen and oxygen atoms in total. The van der Waals surface area contributed by atoms with Crippen LogP contribution in [0.3, 0.4) is 0 Å². The Morgan fingerprint density at radius 2 is 1.89 bits per heavy atom. The average Bonchev–Trinajstić information content (AvgIpc) is 2.27. The molecule has 1 aliphatic rings. The van der Waals surface area contributed by atoms with Gasteiger partial charge in [-0.15, -0.1) is 0 Å². The van der Waals surface area contributed by atoms with E-state index in [9.17, 15) is 4.21 Å². The molecule has 4 atom stereocenters. The highest BCUT2D eigenvalue weighted by Crippen LogP contribution is 2.39. The first kappa shape index (κ1) is 17.2. The Morgan fingerprint density at radius 1 is 1.26 bits per heavy atom. The summed E-state index contributed by atoms with van der Waals surface area (Å²) in [5.74, 6) is 2.09. The fourth-order valence-corrected chi connectivity index (χ4v) is 5.10. The molecule has 0 aromatic rings. The second kappa shape index (κ2) is 7.21. The van der Waals surface area contributed by atoms with Crippen LogP contribution in [0.1, 0.15) is 60.8 Å². The molecule has 0 aromatic carbocycles. The van der Waals surface area contributed by atoms with Gasteiger partial charge in [-0.2, -0.15) is 0 Å². The highest BCUT2D eigenvalue weighted by molar-refractivity contribution is 7.85. The van der Waals surface area contributed by atoms with Crippen molar-refractivity contribution in [2.45, 2.75) is 72.1 Å². The van der Waals surface area contributed by atoms with Crippen LogP contribution < -0.4 is 5.32 Å². The van der Waals surface area contributed by atoms with Gasteiger partial charge < -0.3 is 5.32 Å². The van der Waals surface area contributed by atoms with Crippen molar-refractivity contribution in [1.82, 2.24) is 5.32 Å². The van der Waals surface area contributed by atoms with Gasteiger partial charge in [-0.1, -0.05) is 41.5 Å². The van der Waals surface area contributed by atoms with Gasteiger partial charge >= 0.3 is 0 Å². The van der Waals surface area contributed by atoms with Gasteiger partial charge in [0.15, 0.2) is 0 Å². The first-order valence-corrected chi connectivity index (χ1v) is 9.24. The minimum atomic E-state index is -0.686. The van der Waals surface area contributed by atoms with Crippen LogP contribution in [0.4, 0.5) is 0 Å². The monoisotopic (exact) mass is 287 g/mol. The van der Waals surface area contributed by atoms with Crippen LogP contribution in [0.5, 0.6) is 0 Å². The molecule has 0 aliphatic heterocycles. The second-order valence-corrected chi connectivity index (χ2v) is 9.22. The molecule has 114 valence electrons. The van der Waals surface area contributed by atoms with Gasteiger partial charge in [0, 0.05) is 22.6 Å². The van der Waals surface area contributed by atoms with Crippen molar-refractivity contribution in [3.63, 3.8) is 0 Å². The number of rotatable bonds is 5. The van der Waals surface area contributed by atoms with Crippen molar-refractivity contribution < 1.29 is 4.21 Å². The zero-order valence-electron chi connectivity index (χ0n) is 13.7. The average molecular weight is 288 g/mol. The minimum Gasteiger partial charge on any atom is -0.313 e. The summed E-state index contributed by atoms with van der Waals surface area (Å²) < 4.78 is 12.6. The minimum absolute atomic E-state index is 0.345. The molecule has 1 N–H and O–H groups in total. The predicted molar refractivity (Wildman–Crippen MR) is 85.9 cm³/mol. The largest absolute Gasteiger partial charge is 0.313 e. The molecule has 0 heterocycles. The lowest BCUT2D eigenvalue weighted by molar-refractivity contribution is 0.164. The topological polar surface area (TPSA) is 29.1 Å². The van der Waals surface area contributed by atoms with Gasteiger partial charge in [-0.05, 0) is 43.1 Å². The zero-order valence-corrected chi connectivity index (χ0v) is 14.5. The van der Waals surface area contributed by atoms with Crippen LogP contribution in [0.2, 0.25) is 0 Å². The SMILES string of the molecule is CCNC1CCC(C(C)(C)C)CC1S(=O)CC(C)C. The van der Waals surface area contributed by atoms with Gasteiger partial charge in [-0.25, -0.2) is 0 Å². The van der Waals surface area contributed by atoms with E-state index in [1.165, 1.54) is 12.8 Å². The lowest BCUT2D eigenvalue weighted by Gasteiger charge is -2.41. The molecule has 0 bridgehead atoms. The highest BCUT2D eigenvalue weighted by atomic mass is 32.2. The summed E-state index contributed by atoms with van der Waals surface area (Å²) in [7, 11) is -0.686. The molecule has 19 heavy (non-hydrogen) atoms. The van der Waals surface area contributed by atoms with Gasteiger partial charge in [0.25, 0.3) is 0 Å². The van der Waals surface area contributed by atoms with Crippen molar-refractivity contribution in [3.8, 4) is 0 Å². The summed E-state index contributed by atoms with van der Waals surface area (Å²) >= 11 is 0. The molecular weight excluding hydrogens is 254 g/mol. The van der Waals surface area contributed by atoms with Gasteiger partial charge in [0.1, 0.15) is 0 Å². The normalized spacial score (nSPS) is 30.6. The highest BCUT2D eigenvalue weighted by Gasteiger charge is 2.38. The Bertz CT molecular complexity index is 296. The van der Waals surface area contributed by atoms with Gasteiger partial charge in [0.2, 0.25) is 0 Å². The van der Waals surface area contributed by atoms with Crippen LogP contribution in [-0.4, -0.2) is 27.8 Å². The third kappa shape index (κ3) is 5.18. The molecule has 0 spiro atoms. The summed E-state index contributed by atoms with van der Waals surface area (Å²) in [6.07, 6.45) is 3.58. The van der Waals surface area contributed by atoms with Gasteiger partial charge in [-0.3, -0.25) is 4.21 Å². The van der Waals surface area contributed by atoms with Crippen molar-refractivity contribution >= 4 is 10.8 Å². The number of nitrogens with one attached hydrogen (secondary N) is 1. The summed E-state index contributed by atoms with van der Waals surface area (Å²) in [5.41, 5.74) is 0.345. The van der Waals surface area contributed by atoms with E-state index >= 15 is 0 Å². The van der Waals surface area contributed by atoms with Crippen molar-refractivity contribution in [3.05, 3.63) is 0 Å². The maximum atomic E-state index is 12.6. The number of hydrogen-bond acceptors (Lipinski definition) is 2. The summed E-state index contributed by atoms with van der Waals surface area (Å²) in [6, 6.07) is 0.461. The molecule has 1 fully saturated rings. The molecule has 0 amide bonds. The van der Waals surface area contributed by atoms with Crippen LogP contribution in [-0.2, 0) is 10.8 Å². The number of hydrogen-bond donors (Lipinski definition) is 1. The predicted octanol–water partition coefficient (Wildman–Crippen LogP) is 3.58. The Balaban J connectivity index is 2.75. The van der Waals surface area contributed by atoms with Crippen LogP contribution >= 0.6 is 0 Å². The molecule has 1 aliphatic carbocycles. The maximum Gasteiger partial charge on any atom is 0.0504 e. The molecule has 1 rings (SSSR count). The third-order valence-electron chi connectivity index (χ3n) is 4.32. The van der Waals surface area contributed by atoms with E-state index in [1.54, 1.807) is 0 Å². The molecule has 4 unspecified atom stereocenters. The van der Waals surface area contributed by atoms with E-state index in [4.69, 9.17) is 0 Å². The standard InChI is InChI=1S/C16H33NOS/c1-7-17-14-9-8-13(16(4,5)6)10-15(14)19(18)11-12(2)3/h12-15,17H,7-11H2,1-6H3.